The van der Waals surface area contributed by atoms with Crippen LogP contribution in [0.5, 0.6) is 0 Å². The summed E-state index contributed by atoms with van der Waals surface area (Å²) in [6.07, 6.45) is 1.32. The number of nitrogens with zero attached hydrogens (tertiary/aromatic N) is 1. The van der Waals surface area contributed by atoms with Crippen LogP contribution in [-0.4, -0.2) is 37.1 Å². The summed E-state index contributed by atoms with van der Waals surface area (Å²) in [6.45, 7) is 3.57. The van der Waals surface area contributed by atoms with Crippen LogP contribution in [-0.2, 0) is 20.7 Å². The maximum atomic E-state index is 12.7. The molecule has 1 aliphatic heterocycles. The summed E-state index contributed by atoms with van der Waals surface area (Å²) >= 11 is 0. The Morgan fingerprint density at radius 2 is 1.71 bits per heavy atom. The molecule has 3 rings (SSSR count). The smallest absolute Gasteiger partial charge is 0.244 e. The first-order valence-corrected chi connectivity index (χ1v) is 9.64. The second-order valence-electron chi connectivity index (χ2n) is 7.07. The highest BCUT2D eigenvalue weighted by molar-refractivity contribution is 5.98. The summed E-state index contributed by atoms with van der Waals surface area (Å²) in [7, 11) is 0. The topological polar surface area (TPSA) is 84.7 Å². The highest BCUT2D eigenvalue weighted by Gasteiger charge is 2.35. The van der Waals surface area contributed by atoms with Gasteiger partial charge in [0.1, 0.15) is 5.54 Å². The molecule has 2 aromatic rings. The first-order chi connectivity index (χ1) is 13.5. The van der Waals surface area contributed by atoms with E-state index in [2.05, 4.69) is 5.32 Å². The summed E-state index contributed by atoms with van der Waals surface area (Å²) in [4.78, 5) is 26.9. The predicted octanol–water partition coefficient (Wildman–Crippen LogP) is 2.73. The van der Waals surface area contributed by atoms with E-state index in [1.54, 1.807) is 4.90 Å². The van der Waals surface area contributed by atoms with Crippen LogP contribution in [0.3, 0.4) is 0 Å². The van der Waals surface area contributed by atoms with E-state index in [1.807, 2.05) is 61.5 Å². The van der Waals surface area contributed by atoms with Crippen molar-refractivity contribution in [3.8, 4) is 0 Å². The average molecular weight is 381 g/mol. The molecule has 6 heteroatoms. The van der Waals surface area contributed by atoms with E-state index < -0.39 is 5.54 Å². The minimum atomic E-state index is -0.885. The van der Waals surface area contributed by atoms with Crippen molar-refractivity contribution in [2.45, 2.75) is 31.7 Å². The van der Waals surface area contributed by atoms with Gasteiger partial charge in [-0.1, -0.05) is 30.3 Å². The third-order valence-electron chi connectivity index (χ3n) is 5.09. The molecule has 0 radical (unpaired) electrons. The highest BCUT2D eigenvalue weighted by atomic mass is 16.5. The van der Waals surface area contributed by atoms with Crippen LogP contribution in [0.4, 0.5) is 11.4 Å². The Morgan fingerprint density at radius 3 is 2.32 bits per heavy atom. The lowest BCUT2D eigenvalue weighted by Crippen LogP contribution is -2.54. The number of nitrogens with two attached hydrogens (primary N) is 1. The number of hydrogen-bond acceptors (Lipinski definition) is 4. The minimum Gasteiger partial charge on any atom is -0.381 e. The SMILES string of the molecule is CCN(C(=O)Cc1ccc(NC(=O)C2(N)CCOCC2)cc1)c1ccccc1. The number of benzene rings is 2. The molecular formula is C22H27N3O3. The zero-order chi connectivity index (χ0) is 20.0. The van der Waals surface area contributed by atoms with E-state index in [1.165, 1.54) is 0 Å². The van der Waals surface area contributed by atoms with Gasteiger partial charge in [0.2, 0.25) is 11.8 Å². The summed E-state index contributed by atoms with van der Waals surface area (Å²) < 4.78 is 5.28. The van der Waals surface area contributed by atoms with Gasteiger partial charge in [0.15, 0.2) is 0 Å². The molecule has 0 saturated carbocycles. The zero-order valence-corrected chi connectivity index (χ0v) is 16.2. The number of hydrogen-bond donors (Lipinski definition) is 2. The van der Waals surface area contributed by atoms with Crippen molar-refractivity contribution in [1.82, 2.24) is 0 Å². The summed E-state index contributed by atoms with van der Waals surface area (Å²) in [5.74, 6) is -0.158. The van der Waals surface area contributed by atoms with Crippen molar-refractivity contribution < 1.29 is 14.3 Å². The Labute approximate surface area is 165 Å². The van der Waals surface area contributed by atoms with E-state index in [9.17, 15) is 9.59 Å². The Hall–Kier alpha value is -2.70. The monoisotopic (exact) mass is 381 g/mol. The number of ether oxygens (including phenoxy) is 1. The Kier molecular flexibility index (Phi) is 6.44. The maximum absolute atomic E-state index is 12.7. The number of amides is 2. The lowest BCUT2D eigenvalue weighted by molar-refractivity contribution is -0.124. The largest absolute Gasteiger partial charge is 0.381 e. The van der Waals surface area contributed by atoms with Crippen molar-refractivity contribution in [2.24, 2.45) is 5.73 Å². The molecule has 148 valence electrons. The average Bonchev–Trinajstić information content (AvgIpc) is 2.71. The first-order valence-electron chi connectivity index (χ1n) is 9.64. The quantitative estimate of drug-likeness (QED) is 0.806. The third-order valence-corrected chi connectivity index (χ3v) is 5.09. The zero-order valence-electron chi connectivity index (χ0n) is 16.2. The third kappa shape index (κ3) is 4.77. The number of para-hydroxylation sites is 1. The molecule has 0 aromatic heterocycles. The Bertz CT molecular complexity index is 800. The predicted molar refractivity (Wildman–Crippen MR) is 110 cm³/mol. The molecule has 3 N–H and O–H groups in total. The van der Waals surface area contributed by atoms with Crippen molar-refractivity contribution in [3.05, 3.63) is 60.2 Å². The van der Waals surface area contributed by atoms with E-state index in [0.29, 0.717) is 44.7 Å². The van der Waals surface area contributed by atoms with E-state index in [4.69, 9.17) is 10.5 Å². The normalized spacial score (nSPS) is 15.6. The number of carbonyl (C=O) groups is 2. The number of rotatable bonds is 6. The van der Waals surface area contributed by atoms with Crippen LogP contribution in [0.2, 0.25) is 0 Å². The van der Waals surface area contributed by atoms with Crippen LogP contribution in [0.15, 0.2) is 54.6 Å². The van der Waals surface area contributed by atoms with E-state index in [-0.39, 0.29) is 11.8 Å². The molecule has 1 aliphatic rings. The first kappa shape index (κ1) is 20.0. The van der Waals surface area contributed by atoms with Gasteiger partial charge in [-0.05, 0) is 49.6 Å². The molecular weight excluding hydrogens is 354 g/mol. The van der Waals surface area contributed by atoms with E-state index in [0.717, 1.165) is 11.3 Å². The number of anilines is 2. The van der Waals surface area contributed by atoms with Gasteiger partial charge in [0.05, 0.1) is 6.42 Å². The molecule has 0 bridgehead atoms. The second-order valence-corrected chi connectivity index (χ2v) is 7.07. The fourth-order valence-electron chi connectivity index (χ4n) is 3.31. The lowest BCUT2D eigenvalue weighted by Gasteiger charge is -2.31. The maximum Gasteiger partial charge on any atom is 0.244 e. The Balaban J connectivity index is 1.61. The Morgan fingerprint density at radius 1 is 1.07 bits per heavy atom. The molecule has 0 spiro atoms. The summed E-state index contributed by atoms with van der Waals surface area (Å²) in [5, 5.41) is 2.88. The molecule has 1 saturated heterocycles. The van der Waals surface area contributed by atoms with Gasteiger partial charge in [-0.25, -0.2) is 0 Å². The van der Waals surface area contributed by atoms with Crippen LogP contribution < -0.4 is 16.0 Å². The van der Waals surface area contributed by atoms with Crippen molar-refractivity contribution in [1.29, 1.82) is 0 Å². The molecule has 0 atom stereocenters. The fraction of sp³-hybridized carbons (Fsp3) is 0.364. The molecule has 1 fully saturated rings. The fourth-order valence-corrected chi connectivity index (χ4v) is 3.31. The molecule has 0 unspecified atom stereocenters. The number of likely N-dealkylation sites (N-methyl/N-ethyl adjacent to an activating group) is 1. The van der Waals surface area contributed by atoms with E-state index >= 15 is 0 Å². The van der Waals surface area contributed by atoms with Gasteiger partial charge in [-0.3, -0.25) is 9.59 Å². The molecule has 6 nitrogen and oxygen atoms in total. The van der Waals surface area contributed by atoms with Gasteiger partial charge >= 0.3 is 0 Å². The molecule has 2 amide bonds. The molecule has 28 heavy (non-hydrogen) atoms. The number of nitrogens with one attached hydrogen (secondary N) is 1. The number of carbonyl (C=O) groups excluding carboxylic acids is 2. The van der Waals surface area contributed by atoms with Crippen LogP contribution in [0, 0.1) is 0 Å². The van der Waals surface area contributed by atoms with Gasteiger partial charge < -0.3 is 20.7 Å². The van der Waals surface area contributed by atoms with Crippen LogP contribution in [0.25, 0.3) is 0 Å². The van der Waals surface area contributed by atoms with Crippen molar-refractivity contribution in [3.63, 3.8) is 0 Å². The van der Waals surface area contributed by atoms with Crippen LogP contribution >= 0.6 is 0 Å². The van der Waals surface area contributed by atoms with Gasteiger partial charge in [-0.15, -0.1) is 0 Å². The minimum absolute atomic E-state index is 0.0357. The molecule has 2 aromatic carbocycles. The second kappa shape index (κ2) is 8.99. The van der Waals surface area contributed by atoms with Gasteiger partial charge in [0, 0.05) is 31.1 Å². The molecule has 0 aliphatic carbocycles. The summed E-state index contributed by atoms with van der Waals surface area (Å²) in [6, 6.07) is 17.0. The lowest BCUT2D eigenvalue weighted by atomic mass is 9.90. The van der Waals surface area contributed by atoms with Gasteiger partial charge in [0.25, 0.3) is 0 Å². The van der Waals surface area contributed by atoms with Gasteiger partial charge in [-0.2, -0.15) is 0 Å². The van der Waals surface area contributed by atoms with Crippen molar-refractivity contribution in [2.75, 3.05) is 30.0 Å². The summed E-state index contributed by atoms with van der Waals surface area (Å²) in [5.41, 5.74) is 7.78. The highest BCUT2D eigenvalue weighted by Crippen LogP contribution is 2.21. The van der Waals surface area contributed by atoms with Crippen molar-refractivity contribution >= 4 is 23.2 Å². The van der Waals surface area contributed by atoms with Crippen LogP contribution in [0.1, 0.15) is 25.3 Å². The standard InChI is InChI=1S/C22H27N3O3/c1-2-25(19-6-4-3-5-7-19)20(26)16-17-8-10-18(11-9-17)24-21(27)22(23)12-14-28-15-13-22/h3-11H,2,12-16,23H2,1H3,(H,24,27). The molecule has 1 heterocycles.